The van der Waals surface area contributed by atoms with E-state index in [1.807, 2.05) is 86.8 Å². The second kappa shape index (κ2) is 16.6. The second-order valence-electron chi connectivity index (χ2n) is 15.8. The second-order valence-corrected chi connectivity index (χ2v) is 20.9. The molecule has 9 heteroatoms. The summed E-state index contributed by atoms with van der Waals surface area (Å²) in [7, 11) is -1.58. The monoisotopic (exact) mass is 978 g/mol. The molecule has 6 nitrogen and oxygen atoms in total. The van der Waals surface area contributed by atoms with Crippen molar-refractivity contribution >= 4 is 46.4 Å². The molecule has 1 radical (unpaired) electrons. The number of hydrogen-bond acceptors (Lipinski definition) is 5. The van der Waals surface area contributed by atoms with Crippen LogP contribution in [-0.4, -0.2) is 32.6 Å². The molecule has 0 saturated carbocycles. The minimum Gasteiger partial charge on any atom is -0.486 e. The summed E-state index contributed by atoms with van der Waals surface area (Å²) in [5.74, 6) is 0.211. The first-order chi connectivity index (χ1) is 30.2. The van der Waals surface area contributed by atoms with Crippen LogP contribution >= 0.6 is 0 Å². The van der Waals surface area contributed by atoms with E-state index in [0.717, 1.165) is 55.6 Å². The van der Waals surface area contributed by atoms with Crippen molar-refractivity contribution in [2.75, 3.05) is 0 Å². The average molecular weight is 978 g/mol. The van der Waals surface area contributed by atoms with Crippen molar-refractivity contribution in [3.8, 4) is 39.5 Å². The number of imidazole rings is 1. The molecule has 9 aromatic rings. The topological polar surface area (TPSA) is 69.6 Å². The summed E-state index contributed by atoms with van der Waals surface area (Å²) in [4.78, 5) is 18.5. The van der Waals surface area contributed by atoms with Gasteiger partial charge in [0.25, 0.3) is 0 Å². The quantitative estimate of drug-likeness (QED) is 0.123. The molecule has 0 aliphatic carbocycles. The molecule has 299 valence electrons. The number of rotatable bonds is 6. The maximum Gasteiger partial charge on any atom is 0.216 e. The van der Waals surface area contributed by atoms with Crippen molar-refractivity contribution in [2.45, 2.75) is 67.0 Å². The molecule has 0 aliphatic rings. The van der Waals surface area contributed by atoms with Gasteiger partial charge in [0.1, 0.15) is 0 Å². The molecule has 0 N–H and O–H groups in total. The zero-order valence-electron chi connectivity index (χ0n) is 39.8. The molecule has 0 amide bonds. The molecular weight excluding hydrogens is 926 g/mol. The molecule has 0 bridgehead atoms. The molecule has 0 saturated heterocycles. The van der Waals surface area contributed by atoms with Crippen LogP contribution in [0.5, 0.6) is 0 Å². The number of nitrogens with zero attached hydrogens (tertiary/aromatic N) is 5. The van der Waals surface area contributed by atoms with E-state index >= 15 is 0 Å². The van der Waals surface area contributed by atoms with E-state index in [-0.39, 0.29) is 37.2 Å². The van der Waals surface area contributed by atoms with Crippen LogP contribution in [0.3, 0.4) is 0 Å². The third kappa shape index (κ3) is 8.07. The number of halogens is 1. The fraction of sp³-hybridized carbons (Fsp3) is 0.200. The van der Waals surface area contributed by atoms with Crippen molar-refractivity contribution in [1.29, 1.82) is 0 Å². The summed E-state index contributed by atoms with van der Waals surface area (Å²) in [6, 6.07) is 35.7. The molecule has 0 aliphatic heterocycles. The van der Waals surface area contributed by atoms with E-state index < -0.39 is 27.6 Å². The smallest absolute Gasteiger partial charge is 0.216 e. The molecule has 0 atom stereocenters. The van der Waals surface area contributed by atoms with Gasteiger partial charge in [-0.25, -0.2) is 4.98 Å². The van der Waals surface area contributed by atoms with Gasteiger partial charge in [-0.1, -0.05) is 122 Å². The molecule has 0 unspecified atom stereocenters. The zero-order chi connectivity index (χ0) is 45.9. The van der Waals surface area contributed by atoms with Gasteiger partial charge in [-0.3, -0.25) is 14.4 Å². The summed E-state index contributed by atoms with van der Waals surface area (Å²) in [5, 5.41) is 2.98. The van der Waals surface area contributed by atoms with Gasteiger partial charge in [0, 0.05) is 69.0 Å². The first-order valence-corrected chi connectivity index (χ1v) is 22.7. The van der Waals surface area contributed by atoms with Gasteiger partial charge in [0.05, 0.1) is 30.5 Å². The number of fused-ring (bicyclic) bond motifs is 4. The van der Waals surface area contributed by atoms with Crippen LogP contribution in [0.1, 0.15) is 56.1 Å². The van der Waals surface area contributed by atoms with Gasteiger partial charge >= 0.3 is 0 Å². The van der Waals surface area contributed by atoms with Gasteiger partial charge in [-0.15, -0.1) is 30.3 Å². The van der Waals surface area contributed by atoms with E-state index in [0.29, 0.717) is 33.9 Å². The van der Waals surface area contributed by atoms with Crippen molar-refractivity contribution in [1.82, 2.24) is 24.5 Å². The number of aromatic nitrogens is 5. The fourth-order valence-electron chi connectivity index (χ4n) is 7.48. The number of pyridine rings is 3. The van der Waals surface area contributed by atoms with Crippen molar-refractivity contribution in [2.24, 2.45) is 0 Å². The molecule has 5 aromatic heterocycles. The van der Waals surface area contributed by atoms with Crippen molar-refractivity contribution in [3.63, 3.8) is 0 Å². The van der Waals surface area contributed by atoms with Gasteiger partial charge < -0.3 is 14.0 Å². The van der Waals surface area contributed by atoms with Crippen molar-refractivity contribution in [3.05, 3.63) is 155 Å². The minimum absolute atomic E-state index is 0. The summed E-state index contributed by atoms with van der Waals surface area (Å²) >= 11 is 0. The van der Waals surface area contributed by atoms with Crippen LogP contribution in [0, 0.1) is 45.5 Å². The Morgan fingerprint density at radius 3 is 2.32 bits per heavy atom. The summed E-state index contributed by atoms with van der Waals surface area (Å²) in [6.07, 6.45) is 3.53. The van der Waals surface area contributed by atoms with Crippen LogP contribution in [0.4, 0.5) is 4.39 Å². The Balaban J connectivity index is 0.000000217. The van der Waals surface area contributed by atoms with Crippen LogP contribution in [-0.2, 0) is 20.1 Å². The predicted octanol–water partition coefficient (Wildman–Crippen LogP) is 12.4. The number of para-hydroxylation sites is 2. The van der Waals surface area contributed by atoms with Gasteiger partial charge in [0.2, 0.25) is 5.71 Å². The van der Waals surface area contributed by atoms with E-state index in [2.05, 4.69) is 71.2 Å². The van der Waals surface area contributed by atoms with E-state index in [9.17, 15) is 4.39 Å². The molecule has 4 aromatic carbocycles. The molecule has 5 heterocycles. The Hall–Kier alpha value is -5.60. The number of furan rings is 1. The minimum atomic E-state index is -2.49. The Bertz CT molecular complexity index is 3190. The summed E-state index contributed by atoms with van der Waals surface area (Å²) in [5.41, 5.74) is 9.86. The summed E-state index contributed by atoms with van der Waals surface area (Å²) < 4.78 is 68.8. The van der Waals surface area contributed by atoms with E-state index in [1.165, 1.54) is 17.3 Å². The third-order valence-electron chi connectivity index (χ3n) is 10.2. The molecular formula is C50H46FIrN5OSi-2. The van der Waals surface area contributed by atoms with Gasteiger partial charge in [-0.2, -0.15) is 0 Å². The standard InChI is InChI=1S/C32H23N4O.C18H23FNSi.Ir/c1-19-10-12-22(13-11-19)24-14-15-26(30-29(24)25-7-6-16-33-32(25)37-30)31-35-27-8-4-5-9-28(27)36(31)23-17-20(2)34-21(3)18-23;1-12(2)15-10-16(20-11-17(15)21(4,5)6)14-9-7-8-13(3)18(14)19;/h4-14,16-18H,1-3H3;7-8,10-12H,1-6H3;/q2*-1;/i1D3;3D3;. The first kappa shape index (κ1) is 34.3. The van der Waals surface area contributed by atoms with Gasteiger partial charge in [-0.05, 0) is 79.3 Å². The average Bonchev–Trinajstić information content (AvgIpc) is 3.82. The third-order valence-corrected chi connectivity index (χ3v) is 12.2. The Morgan fingerprint density at radius 2 is 1.61 bits per heavy atom. The number of hydrogen-bond donors (Lipinski definition) is 0. The molecule has 59 heavy (non-hydrogen) atoms. The van der Waals surface area contributed by atoms with Crippen LogP contribution in [0.25, 0.3) is 72.6 Å². The Kier molecular flexibility index (Phi) is 9.63. The maximum atomic E-state index is 14.7. The normalized spacial score (nSPS) is 13.5. The number of aryl methyl sites for hydroxylation is 4. The Morgan fingerprint density at radius 1 is 0.847 bits per heavy atom. The zero-order valence-corrected chi connectivity index (χ0v) is 37.2. The molecule has 9 rings (SSSR count). The molecule has 0 spiro atoms. The summed E-state index contributed by atoms with van der Waals surface area (Å²) in [6.45, 7) is 10.2. The molecule has 0 fully saturated rings. The van der Waals surface area contributed by atoms with Gasteiger partial charge in [0.15, 0.2) is 0 Å². The van der Waals surface area contributed by atoms with Crippen LogP contribution < -0.4 is 5.19 Å². The Labute approximate surface area is 368 Å². The van der Waals surface area contributed by atoms with Crippen LogP contribution in [0.15, 0.2) is 114 Å². The van der Waals surface area contributed by atoms with E-state index in [1.54, 1.807) is 18.3 Å². The maximum absolute atomic E-state index is 14.7. The van der Waals surface area contributed by atoms with E-state index in [4.69, 9.17) is 17.6 Å². The number of benzene rings is 4. The first-order valence-electron chi connectivity index (χ1n) is 22.2. The van der Waals surface area contributed by atoms with Crippen molar-refractivity contribution < 1.29 is 37.1 Å². The predicted molar refractivity (Wildman–Crippen MR) is 238 cm³/mol. The largest absolute Gasteiger partial charge is 0.486 e. The SMILES string of the molecule is [2H]C([2H])([2H])c1cc[c-]c(-c2cc(C(C)C)c([Si](C)(C)C)cn2)c1F.[2H]C([2H])([2H])c1ccc(-c2c[c-]c(-c3nc4ccccc4n3-c3cc(C)nc(C)c3)c3oc4ncccc4c23)cc1.[Ir]. The fourth-order valence-corrected chi connectivity index (χ4v) is 9.15. The van der Waals surface area contributed by atoms with Crippen LogP contribution in [0.2, 0.25) is 19.6 Å².